The van der Waals surface area contributed by atoms with Gasteiger partial charge in [-0.15, -0.1) is 11.3 Å². The van der Waals surface area contributed by atoms with E-state index in [1.54, 1.807) is 23.7 Å². The highest BCUT2D eigenvalue weighted by molar-refractivity contribution is 7.14. The number of halogens is 2. The molecule has 3 aromatic rings. The number of thiazole rings is 1. The summed E-state index contributed by atoms with van der Waals surface area (Å²) in [4.78, 5) is 41.9. The van der Waals surface area contributed by atoms with Gasteiger partial charge in [-0.25, -0.2) is 9.97 Å². The number of anilines is 2. The SMILES string of the molecule is CN1C(=O)c2c(ncn2CC(=O)Nc2nc(-c3ccc(Cl)c(Cl)c3)cs2)N2CCN=C12. The van der Waals surface area contributed by atoms with E-state index in [1.807, 2.05) is 16.3 Å². The van der Waals surface area contributed by atoms with Crippen molar-refractivity contribution >= 4 is 63.3 Å². The fraction of sp³-hybridized carbons (Fsp3) is 0.211. The van der Waals surface area contributed by atoms with Gasteiger partial charge in [0.25, 0.3) is 5.91 Å². The van der Waals surface area contributed by atoms with Gasteiger partial charge in [-0.3, -0.25) is 24.4 Å². The summed E-state index contributed by atoms with van der Waals surface area (Å²) in [5, 5.41) is 5.93. The van der Waals surface area contributed by atoms with Gasteiger partial charge in [0, 0.05) is 24.5 Å². The van der Waals surface area contributed by atoms with Crippen LogP contribution in [0, 0.1) is 0 Å². The Kier molecular flexibility index (Phi) is 4.92. The predicted molar refractivity (Wildman–Crippen MR) is 120 cm³/mol. The minimum absolute atomic E-state index is 0.0656. The van der Waals surface area contributed by atoms with E-state index in [2.05, 4.69) is 20.3 Å². The lowest BCUT2D eigenvalue weighted by atomic mass is 10.2. The van der Waals surface area contributed by atoms with Crippen LogP contribution in [0.1, 0.15) is 10.5 Å². The molecule has 31 heavy (non-hydrogen) atoms. The first kappa shape index (κ1) is 20.0. The van der Waals surface area contributed by atoms with Gasteiger partial charge < -0.3 is 9.88 Å². The highest BCUT2D eigenvalue weighted by atomic mass is 35.5. The number of hydrogen-bond acceptors (Lipinski definition) is 7. The second-order valence-electron chi connectivity index (χ2n) is 6.96. The second-order valence-corrected chi connectivity index (χ2v) is 8.63. The maximum absolute atomic E-state index is 12.8. The van der Waals surface area contributed by atoms with Crippen molar-refractivity contribution in [2.24, 2.45) is 4.99 Å². The zero-order valence-electron chi connectivity index (χ0n) is 16.2. The van der Waals surface area contributed by atoms with Crippen molar-refractivity contribution in [1.29, 1.82) is 0 Å². The van der Waals surface area contributed by atoms with Crippen molar-refractivity contribution < 1.29 is 9.59 Å². The highest BCUT2D eigenvalue weighted by Gasteiger charge is 2.38. The summed E-state index contributed by atoms with van der Waals surface area (Å²) in [5.41, 5.74) is 1.84. The number of rotatable bonds is 4. The molecule has 0 aliphatic carbocycles. The summed E-state index contributed by atoms with van der Waals surface area (Å²) in [6.45, 7) is 1.19. The average Bonchev–Trinajstić information content (AvgIpc) is 3.48. The number of nitrogens with zero attached hydrogens (tertiary/aromatic N) is 6. The molecule has 0 radical (unpaired) electrons. The molecule has 0 atom stereocenters. The van der Waals surface area contributed by atoms with Crippen LogP contribution in [0.4, 0.5) is 10.9 Å². The molecular weight excluding hydrogens is 461 g/mol. The van der Waals surface area contributed by atoms with Crippen molar-refractivity contribution in [2.75, 3.05) is 30.4 Å². The van der Waals surface area contributed by atoms with Crippen molar-refractivity contribution in [3.63, 3.8) is 0 Å². The van der Waals surface area contributed by atoms with E-state index in [4.69, 9.17) is 23.2 Å². The zero-order chi connectivity index (χ0) is 21.7. The number of benzene rings is 1. The highest BCUT2D eigenvalue weighted by Crippen LogP contribution is 2.31. The minimum Gasteiger partial charge on any atom is -0.315 e. The quantitative estimate of drug-likeness (QED) is 0.624. The zero-order valence-corrected chi connectivity index (χ0v) is 18.5. The number of aromatic nitrogens is 3. The van der Waals surface area contributed by atoms with Crippen LogP contribution in [0.3, 0.4) is 0 Å². The number of hydrogen-bond donors (Lipinski definition) is 1. The fourth-order valence-corrected chi connectivity index (χ4v) is 4.55. The first-order chi connectivity index (χ1) is 14.9. The Morgan fingerprint density at radius 1 is 1.29 bits per heavy atom. The van der Waals surface area contributed by atoms with Crippen LogP contribution in [-0.4, -0.2) is 57.3 Å². The molecule has 9 nitrogen and oxygen atoms in total. The standard InChI is InChI=1S/C19H15Cl2N7O2S/c1-26-17(30)15-16(28-5-4-22-19(26)28)23-9-27(15)7-14(29)25-18-24-13(8-31-18)10-2-3-11(20)12(21)6-10/h2-3,6,8-9H,4-5,7H2,1H3,(H,24,25,29). The Morgan fingerprint density at radius 3 is 2.94 bits per heavy atom. The molecule has 4 heterocycles. The molecule has 0 spiro atoms. The average molecular weight is 476 g/mol. The Morgan fingerprint density at radius 2 is 2.13 bits per heavy atom. The third-order valence-electron chi connectivity index (χ3n) is 4.98. The summed E-state index contributed by atoms with van der Waals surface area (Å²) >= 11 is 13.3. The summed E-state index contributed by atoms with van der Waals surface area (Å²) in [6.07, 6.45) is 1.50. The molecule has 2 aromatic heterocycles. The van der Waals surface area contributed by atoms with E-state index in [0.717, 1.165) is 5.56 Å². The van der Waals surface area contributed by atoms with Gasteiger partial charge >= 0.3 is 0 Å². The van der Waals surface area contributed by atoms with E-state index >= 15 is 0 Å². The van der Waals surface area contributed by atoms with Crippen LogP contribution in [0.25, 0.3) is 11.3 Å². The topological polar surface area (TPSA) is 95.7 Å². The third-order valence-corrected chi connectivity index (χ3v) is 6.48. The second kappa shape index (κ2) is 7.63. The first-order valence-corrected chi connectivity index (χ1v) is 10.9. The number of fused-ring (bicyclic) bond motifs is 3. The van der Waals surface area contributed by atoms with E-state index in [0.29, 0.717) is 51.4 Å². The summed E-state index contributed by atoms with van der Waals surface area (Å²) < 4.78 is 1.55. The van der Waals surface area contributed by atoms with Crippen LogP contribution >= 0.6 is 34.5 Å². The van der Waals surface area contributed by atoms with Gasteiger partial charge in [0.15, 0.2) is 16.6 Å². The molecule has 0 fully saturated rings. The van der Waals surface area contributed by atoms with E-state index in [1.165, 1.54) is 22.6 Å². The number of guanidine groups is 1. The predicted octanol–water partition coefficient (Wildman–Crippen LogP) is 3.21. The van der Waals surface area contributed by atoms with Crippen LogP contribution in [-0.2, 0) is 11.3 Å². The number of aliphatic imine (C=N–C) groups is 1. The van der Waals surface area contributed by atoms with Crippen molar-refractivity contribution in [3.05, 3.63) is 45.6 Å². The lowest BCUT2D eigenvalue weighted by Gasteiger charge is -2.30. The lowest BCUT2D eigenvalue weighted by molar-refractivity contribution is -0.116. The molecule has 0 bridgehead atoms. The molecule has 158 valence electrons. The first-order valence-electron chi connectivity index (χ1n) is 9.28. The fourth-order valence-electron chi connectivity index (χ4n) is 3.51. The molecular formula is C19H15Cl2N7O2S. The van der Waals surface area contributed by atoms with Gasteiger partial charge in [-0.05, 0) is 12.1 Å². The molecule has 5 rings (SSSR count). The molecule has 1 aromatic carbocycles. The number of nitrogens with one attached hydrogen (secondary N) is 1. The number of carbonyl (C=O) groups is 2. The Labute approximate surface area is 190 Å². The van der Waals surface area contributed by atoms with Crippen LogP contribution in [0.15, 0.2) is 34.9 Å². The molecule has 2 amide bonds. The van der Waals surface area contributed by atoms with Crippen LogP contribution in [0.5, 0.6) is 0 Å². The molecule has 2 aliphatic heterocycles. The van der Waals surface area contributed by atoms with Gasteiger partial charge in [0.1, 0.15) is 6.54 Å². The van der Waals surface area contributed by atoms with Crippen molar-refractivity contribution in [2.45, 2.75) is 6.54 Å². The molecule has 0 unspecified atom stereocenters. The maximum Gasteiger partial charge on any atom is 0.280 e. The van der Waals surface area contributed by atoms with Gasteiger partial charge in [-0.2, -0.15) is 0 Å². The van der Waals surface area contributed by atoms with Gasteiger partial charge in [0.05, 0.1) is 28.6 Å². The maximum atomic E-state index is 12.8. The molecule has 12 heteroatoms. The van der Waals surface area contributed by atoms with Gasteiger partial charge in [0.2, 0.25) is 11.9 Å². The van der Waals surface area contributed by atoms with E-state index in [-0.39, 0.29) is 18.4 Å². The van der Waals surface area contributed by atoms with Crippen molar-refractivity contribution in [3.8, 4) is 11.3 Å². The Hall–Kier alpha value is -2.95. The van der Waals surface area contributed by atoms with Crippen LogP contribution < -0.4 is 10.2 Å². The third kappa shape index (κ3) is 3.46. The van der Waals surface area contributed by atoms with E-state index < -0.39 is 0 Å². The molecule has 0 saturated heterocycles. The normalized spacial score (nSPS) is 15.1. The lowest BCUT2D eigenvalue weighted by Crippen LogP contribution is -2.48. The molecule has 1 N–H and O–H groups in total. The Balaban J connectivity index is 1.33. The molecule has 0 saturated carbocycles. The Bertz CT molecular complexity index is 1250. The van der Waals surface area contributed by atoms with Crippen molar-refractivity contribution in [1.82, 2.24) is 19.4 Å². The number of amides is 2. The smallest absolute Gasteiger partial charge is 0.280 e. The van der Waals surface area contributed by atoms with Crippen LogP contribution in [0.2, 0.25) is 10.0 Å². The van der Waals surface area contributed by atoms with E-state index in [9.17, 15) is 9.59 Å². The number of imidazole rings is 1. The van der Waals surface area contributed by atoms with Gasteiger partial charge in [-0.1, -0.05) is 29.3 Å². The molecule has 2 aliphatic rings. The summed E-state index contributed by atoms with van der Waals surface area (Å²) in [6, 6.07) is 5.23. The number of carbonyl (C=O) groups excluding carboxylic acids is 2. The minimum atomic E-state index is -0.313. The monoisotopic (exact) mass is 475 g/mol. The summed E-state index contributed by atoms with van der Waals surface area (Å²) in [5.74, 6) is 0.563. The summed E-state index contributed by atoms with van der Waals surface area (Å²) in [7, 11) is 1.67. The largest absolute Gasteiger partial charge is 0.315 e.